The molecule has 0 saturated carbocycles. The first-order valence-corrected chi connectivity index (χ1v) is 7.42. The van der Waals surface area contributed by atoms with E-state index in [9.17, 15) is 4.79 Å². The van der Waals surface area contributed by atoms with Gasteiger partial charge in [-0.25, -0.2) is 4.68 Å². The van der Waals surface area contributed by atoms with Crippen LogP contribution < -0.4 is 5.32 Å². The van der Waals surface area contributed by atoms with Crippen molar-refractivity contribution < 1.29 is 4.79 Å². The van der Waals surface area contributed by atoms with Crippen LogP contribution in [-0.2, 0) is 17.9 Å². The molecule has 0 bridgehead atoms. The molecule has 2 heterocycles. The molecule has 0 fully saturated rings. The second-order valence-corrected chi connectivity index (χ2v) is 5.36. The van der Waals surface area contributed by atoms with E-state index < -0.39 is 0 Å². The highest BCUT2D eigenvalue weighted by Gasteiger charge is 2.13. The molecule has 0 unspecified atom stereocenters. The molecule has 0 saturated heterocycles. The van der Waals surface area contributed by atoms with Crippen molar-refractivity contribution >= 4 is 23.3 Å². The van der Waals surface area contributed by atoms with E-state index in [-0.39, 0.29) is 12.5 Å². The quantitative estimate of drug-likeness (QED) is 0.892. The summed E-state index contributed by atoms with van der Waals surface area (Å²) in [5.74, 6) is 0.566. The number of anilines is 1. The largest absolute Gasteiger partial charge is 0.309 e. The summed E-state index contributed by atoms with van der Waals surface area (Å²) in [4.78, 5) is 12.1. The number of halogens is 1. The summed E-state index contributed by atoms with van der Waals surface area (Å²) in [6.45, 7) is 6.72. The molecule has 2 rings (SSSR count). The van der Waals surface area contributed by atoms with Gasteiger partial charge < -0.3 is 5.32 Å². The molecule has 0 aromatic carbocycles. The number of hydrogen-bond acceptors (Lipinski definition) is 3. The van der Waals surface area contributed by atoms with E-state index >= 15 is 0 Å². The van der Waals surface area contributed by atoms with E-state index in [0.717, 1.165) is 30.8 Å². The minimum atomic E-state index is -0.143. The van der Waals surface area contributed by atoms with Crippen molar-refractivity contribution in [3.63, 3.8) is 0 Å². The summed E-state index contributed by atoms with van der Waals surface area (Å²) < 4.78 is 3.41. The van der Waals surface area contributed by atoms with E-state index in [1.165, 1.54) is 0 Å². The van der Waals surface area contributed by atoms with Crippen LogP contribution in [0.25, 0.3) is 0 Å². The summed E-state index contributed by atoms with van der Waals surface area (Å²) in [7, 11) is 0. The van der Waals surface area contributed by atoms with Crippen LogP contribution in [0.3, 0.4) is 0 Å². The zero-order valence-electron chi connectivity index (χ0n) is 12.6. The molecule has 114 valence electrons. The van der Waals surface area contributed by atoms with E-state index in [0.29, 0.717) is 10.8 Å². The van der Waals surface area contributed by atoms with Crippen molar-refractivity contribution in [2.24, 2.45) is 0 Å². The third kappa shape index (κ3) is 3.64. The zero-order valence-corrected chi connectivity index (χ0v) is 13.3. The van der Waals surface area contributed by atoms with Crippen LogP contribution in [0, 0.1) is 13.8 Å². The van der Waals surface area contributed by atoms with Crippen molar-refractivity contribution in [3.8, 4) is 0 Å². The summed E-state index contributed by atoms with van der Waals surface area (Å²) in [5, 5.41) is 11.9. The summed E-state index contributed by atoms with van der Waals surface area (Å²) in [6, 6.07) is 1.79. The Morgan fingerprint density at radius 1 is 1.38 bits per heavy atom. The Morgan fingerprint density at radius 2 is 2.14 bits per heavy atom. The smallest absolute Gasteiger partial charge is 0.247 e. The number of nitrogens with one attached hydrogen (secondary N) is 1. The second kappa shape index (κ2) is 6.76. The number of carbonyl (C=O) groups is 1. The SMILES string of the molecule is CCCCn1nccc1NC(=O)Cn1nc(C)c(Cl)c1C. The Morgan fingerprint density at radius 3 is 2.76 bits per heavy atom. The molecule has 1 amide bonds. The molecule has 0 spiro atoms. The number of hydrogen-bond donors (Lipinski definition) is 1. The Balaban J connectivity index is 2.02. The topological polar surface area (TPSA) is 64.7 Å². The Bertz CT molecular complexity index is 631. The van der Waals surface area contributed by atoms with Gasteiger partial charge in [0.25, 0.3) is 0 Å². The minimum absolute atomic E-state index is 0.137. The molecule has 21 heavy (non-hydrogen) atoms. The lowest BCUT2D eigenvalue weighted by Crippen LogP contribution is -2.22. The number of rotatable bonds is 6. The maximum Gasteiger partial charge on any atom is 0.247 e. The molecule has 0 atom stereocenters. The lowest BCUT2D eigenvalue weighted by molar-refractivity contribution is -0.117. The van der Waals surface area contributed by atoms with E-state index in [1.54, 1.807) is 21.6 Å². The van der Waals surface area contributed by atoms with Crippen LogP contribution in [-0.4, -0.2) is 25.5 Å². The minimum Gasteiger partial charge on any atom is -0.309 e. The molecule has 0 aliphatic heterocycles. The van der Waals surface area contributed by atoms with Gasteiger partial charge >= 0.3 is 0 Å². The number of aryl methyl sites for hydroxylation is 2. The number of carbonyl (C=O) groups excluding carboxylic acids is 1. The van der Waals surface area contributed by atoms with Gasteiger partial charge in [0.1, 0.15) is 12.4 Å². The van der Waals surface area contributed by atoms with Crippen LogP contribution in [0.15, 0.2) is 12.3 Å². The molecule has 2 aromatic heterocycles. The van der Waals surface area contributed by atoms with Crippen LogP contribution in [0.2, 0.25) is 5.02 Å². The number of nitrogens with zero attached hydrogens (tertiary/aromatic N) is 4. The van der Waals surface area contributed by atoms with Crippen LogP contribution in [0.1, 0.15) is 31.2 Å². The molecule has 2 aromatic rings. The molecular formula is C14H20ClN5O. The van der Waals surface area contributed by atoms with Crippen LogP contribution in [0.5, 0.6) is 0 Å². The van der Waals surface area contributed by atoms with Crippen molar-refractivity contribution in [3.05, 3.63) is 28.7 Å². The Kier molecular flexibility index (Phi) is 5.01. The molecule has 1 N–H and O–H groups in total. The average Bonchev–Trinajstić information content (AvgIpc) is 2.97. The summed E-state index contributed by atoms with van der Waals surface area (Å²) in [6.07, 6.45) is 3.79. The van der Waals surface area contributed by atoms with Gasteiger partial charge in [0.05, 0.1) is 22.6 Å². The highest BCUT2D eigenvalue weighted by Crippen LogP contribution is 2.18. The van der Waals surface area contributed by atoms with Gasteiger partial charge in [0, 0.05) is 12.6 Å². The zero-order chi connectivity index (χ0) is 15.4. The van der Waals surface area contributed by atoms with Crippen molar-refractivity contribution in [2.45, 2.75) is 46.7 Å². The Hall–Kier alpha value is -1.82. The van der Waals surface area contributed by atoms with Gasteiger partial charge in [-0.2, -0.15) is 10.2 Å². The fraction of sp³-hybridized carbons (Fsp3) is 0.500. The molecule has 7 heteroatoms. The molecular weight excluding hydrogens is 290 g/mol. The number of unbranched alkanes of at least 4 members (excludes halogenated alkanes) is 1. The first kappa shape index (κ1) is 15.6. The highest BCUT2D eigenvalue weighted by molar-refractivity contribution is 6.31. The van der Waals surface area contributed by atoms with Crippen LogP contribution >= 0.6 is 11.6 Å². The highest BCUT2D eigenvalue weighted by atomic mass is 35.5. The average molecular weight is 310 g/mol. The third-order valence-electron chi connectivity index (χ3n) is 3.29. The van der Waals surface area contributed by atoms with Gasteiger partial charge in [0.15, 0.2) is 0 Å². The summed E-state index contributed by atoms with van der Waals surface area (Å²) >= 11 is 6.08. The fourth-order valence-corrected chi connectivity index (χ4v) is 2.21. The third-order valence-corrected chi connectivity index (χ3v) is 3.84. The second-order valence-electron chi connectivity index (χ2n) is 4.98. The van der Waals surface area contributed by atoms with E-state index in [1.807, 2.05) is 13.8 Å². The van der Waals surface area contributed by atoms with Gasteiger partial charge in [-0.3, -0.25) is 9.48 Å². The van der Waals surface area contributed by atoms with Gasteiger partial charge in [-0.1, -0.05) is 24.9 Å². The van der Waals surface area contributed by atoms with Crippen LogP contribution in [0.4, 0.5) is 5.82 Å². The lowest BCUT2D eigenvalue weighted by atomic mass is 10.3. The monoisotopic (exact) mass is 309 g/mol. The predicted octanol–water partition coefficient (Wildman–Crippen LogP) is 2.79. The standard InChI is InChI=1S/C14H20ClN5O/c1-4-5-8-19-12(6-7-16-19)17-13(21)9-20-11(3)14(15)10(2)18-20/h6-7H,4-5,8-9H2,1-3H3,(H,17,21). The molecule has 0 aliphatic rings. The molecule has 6 nitrogen and oxygen atoms in total. The van der Waals surface area contributed by atoms with Gasteiger partial charge in [0.2, 0.25) is 5.91 Å². The summed E-state index contributed by atoms with van der Waals surface area (Å²) in [5.41, 5.74) is 1.53. The van der Waals surface area contributed by atoms with Crippen molar-refractivity contribution in [1.29, 1.82) is 0 Å². The van der Waals surface area contributed by atoms with Crippen molar-refractivity contribution in [2.75, 3.05) is 5.32 Å². The Labute approximate surface area is 129 Å². The molecule has 0 radical (unpaired) electrons. The number of amides is 1. The van der Waals surface area contributed by atoms with Crippen molar-refractivity contribution in [1.82, 2.24) is 19.6 Å². The maximum atomic E-state index is 12.1. The normalized spacial score (nSPS) is 10.9. The van der Waals surface area contributed by atoms with E-state index in [2.05, 4.69) is 22.4 Å². The molecule has 0 aliphatic carbocycles. The van der Waals surface area contributed by atoms with Gasteiger partial charge in [-0.15, -0.1) is 0 Å². The number of aromatic nitrogens is 4. The maximum absolute atomic E-state index is 12.1. The van der Waals surface area contributed by atoms with E-state index in [4.69, 9.17) is 11.6 Å². The first-order chi connectivity index (χ1) is 10.0. The fourth-order valence-electron chi connectivity index (χ4n) is 2.07. The van der Waals surface area contributed by atoms with Gasteiger partial charge in [-0.05, 0) is 20.3 Å². The first-order valence-electron chi connectivity index (χ1n) is 7.04. The predicted molar refractivity (Wildman–Crippen MR) is 82.5 cm³/mol. The lowest BCUT2D eigenvalue weighted by Gasteiger charge is -2.09.